The summed E-state index contributed by atoms with van der Waals surface area (Å²) in [5.41, 5.74) is 3.06. The normalized spacial score (nSPS) is 24.8. The van der Waals surface area contributed by atoms with Gasteiger partial charge in [-0.15, -0.1) is 11.3 Å². The molecule has 0 bridgehead atoms. The quantitative estimate of drug-likeness (QED) is 0.667. The van der Waals surface area contributed by atoms with Crippen LogP contribution < -0.4 is 0 Å². The predicted octanol–water partition coefficient (Wildman–Crippen LogP) is 4.80. The summed E-state index contributed by atoms with van der Waals surface area (Å²) in [4.78, 5) is 8.81. The molecule has 0 N–H and O–H groups in total. The molecule has 140 valence electrons. The Morgan fingerprint density at radius 2 is 2.12 bits per heavy atom. The molecule has 2 fully saturated rings. The Hall–Kier alpha value is -1.23. The van der Waals surface area contributed by atoms with Gasteiger partial charge in [0, 0.05) is 40.9 Å². The van der Waals surface area contributed by atoms with Gasteiger partial charge in [0.25, 0.3) is 0 Å². The number of rotatable bonds is 8. The second-order valence-electron chi connectivity index (χ2n) is 8.11. The molecule has 1 atom stereocenters. The first kappa shape index (κ1) is 18.1. The van der Waals surface area contributed by atoms with Crippen molar-refractivity contribution in [3.8, 4) is 0 Å². The van der Waals surface area contributed by atoms with Gasteiger partial charge in [0.2, 0.25) is 0 Å². The number of ether oxygens (including phenoxy) is 1. The van der Waals surface area contributed by atoms with Gasteiger partial charge in [-0.05, 0) is 75.6 Å². The van der Waals surface area contributed by atoms with Crippen molar-refractivity contribution >= 4 is 11.3 Å². The Morgan fingerprint density at radius 3 is 2.77 bits per heavy atom. The lowest BCUT2D eigenvalue weighted by molar-refractivity contribution is 0.0444. The number of likely N-dealkylation sites (tertiary alicyclic amines) is 1. The highest BCUT2D eigenvalue weighted by molar-refractivity contribution is 7.09. The van der Waals surface area contributed by atoms with Crippen LogP contribution in [0.2, 0.25) is 0 Å². The van der Waals surface area contributed by atoms with Crippen LogP contribution in [0, 0.1) is 12.3 Å². The van der Waals surface area contributed by atoms with E-state index in [-0.39, 0.29) is 5.54 Å². The zero-order valence-electron chi connectivity index (χ0n) is 16.0. The van der Waals surface area contributed by atoms with Gasteiger partial charge in [-0.3, -0.25) is 9.88 Å². The van der Waals surface area contributed by atoms with Crippen molar-refractivity contribution in [3.63, 3.8) is 0 Å². The van der Waals surface area contributed by atoms with Crippen molar-refractivity contribution in [1.29, 1.82) is 0 Å². The Labute approximate surface area is 161 Å². The van der Waals surface area contributed by atoms with Crippen LogP contribution in [0.5, 0.6) is 0 Å². The molecule has 0 aromatic carbocycles. The molecule has 1 aliphatic carbocycles. The maximum absolute atomic E-state index is 5.96. The lowest BCUT2D eigenvalue weighted by Gasteiger charge is -2.33. The van der Waals surface area contributed by atoms with Gasteiger partial charge in [0.1, 0.15) is 0 Å². The maximum atomic E-state index is 5.96. The number of aryl methyl sites for hydroxylation is 2. The van der Waals surface area contributed by atoms with Crippen LogP contribution in [0.1, 0.15) is 48.7 Å². The van der Waals surface area contributed by atoms with E-state index >= 15 is 0 Å². The standard InChI is InChI=1S/C22H30N2OS/c1-3-25-17-21(9-8-20-5-4-14-26-20)12-13-24(16-21)22(10-11-22)19-7-6-18(2)23-15-19/h4-7,14-15H,3,8-13,16-17H2,1-2H3. The number of hydrogen-bond acceptors (Lipinski definition) is 4. The first-order chi connectivity index (χ1) is 12.7. The van der Waals surface area contributed by atoms with E-state index in [1.54, 1.807) is 0 Å². The van der Waals surface area contributed by atoms with Gasteiger partial charge in [-0.2, -0.15) is 0 Å². The summed E-state index contributed by atoms with van der Waals surface area (Å²) >= 11 is 1.88. The summed E-state index contributed by atoms with van der Waals surface area (Å²) in [7, 11) is 0. The predicted molar refractivity (Wildman–Crippen MR) is 108 cm³/mol. The van der Waals surface area contributed by atoms with Crippen LogP contribution in [0.4, 0.5) is 0 Å². The van der Waals surface area contributed by atoms with Crippen molar-refractivity contribution < 1.29 is 4.74 Å². The molecule has 1 saturated heterocycles. The molecule has 0 spiro atoms. The minimum atomic E-state index is 0.248. The fourth-order valence-electron chi connectivity index (χ4n) is 4.51. The average Bonchev–Trinajstić information content (AvgIpc) is 3.10. The Balaban J connectivity index is 1.48. The third-order valence-corrected chi connectivity index (χ3v) is 7.25. The van der Waals surface area contributed by atoms with Crippen molar-refractivity contribution in [3.05, 3.63) is 52.0 Å². The molecule has 1 saturated carbocycles. The second-order valence-corrected chi connectivity index (χ2v) is 9.14. The van der Waals surface area contributed by atoms with Gasteiger partial charge in [-0.25, -0.2) is 0 Å². The smallest absolute Gasteiger partial charge is 0.0535 e. The van der Waals surface area contributed by atoms with Crippen molar-refractivity contribution in [2.45, 2.75) is 51.5 Å². The minimum absolute atomic E-state index is 0.248. The molecule has 0 radical (unpaired) electrons. The maximum Gasteiger partial charge on any atom is 0.0535 e. The van der Waals surface area contributed by atoms with Gasteiger partial charge in [0.15, 0.2) is 0 Å². The zero-order valence-corrected chi connectivity index (χ0v) is 16.9. The van der Waals surface area contributed by atoms with E-state index in [4.69, 9.17) is 4.74 Å². The topological polar surface area (TPSA) is 25.4 Å². The van der Waals surface area contributed by atoms with E-state index in [2.05, 4.69) is 59.6 Å². The van der Waals surface area contributed by atoms with Crippen LogP contribution >= 0.6 is 11.3 Å². The highest BCUT2D eigenvalue weighted by Crippen LogP contribution is 2.54. The first-order valence-electron chi connectivity index (χ1n) is 9.94. The number of hydrogen-bond donors (Lipinski definition) is 0. The highest BCUT2D eigenvalue weighted by atomic mass is 32.1. The molecule has 3 heterocycles. The molecule has 4 heteroatoms. The zero-order chi connectivity index (χ0) is 18.0. The van der Waals surface area contributed by atoms with Crippen LogP contribution in [0.15, 0.2) is 35.8 Å². The summed E-state index contributed by atoms with van der Waals surface area (Å²) in [6, 6.07) is 8.89. The largest absolute Gasteiger partial charge is 0.381 e. The van der Waals surface area contributed by atoms with E-state index in [9.17, 15) is 0 Å². The number of nitrogens with zero attached hydrogens (tertiary/aromatic N) is 2. The van der Waals surface area contributed by atoms with Crippen molar-refractivity contribution in [1.82, 2.24) is 9.88 Å². The SMILES string of the molecule is CCOCC1(CCc2cccs2)CCN(C2(c3ccc(C)nc3)CC2)C1. The van der Waals surface area contributed by atoms with E-state index in [0.29, 0.717) is 5.41 Å². The Morgan fingerprint density at radius 1 is 1.23 bits per heavy atom. The number of thiophene rings is 1. The third kappa shape index (κ3) is 3.60. The molecular weight excluding hydrogens is 340 g/mol. The third-order valence-electron chi connectivity index (χ3n) is 6.31. The van der Waals surface area contributed by atoms with E-state index in [0.717, 1.165) is 25.5 Å². The Kier molecular flexibility index (Phi) is 5.18. The van der Waals surface area contributed by atoms with Crippen LogP contribution in [-0.2, 0) is 16.7 Å². The molecule has 0 amide bonds. The first-order valence-corrected chi connectivity index (χ1v) is 10.8. The van der Waals surface area contributed by atoms with E-state index < -0.39 is 0 Å². The molecule has 1 unspecified atom stereocenters. The molecule has 26 heavy (non-hydrogen) atoms. The van der Waals surface area contributed by atoms with Crippen molar-refractivity contribution in [2.24, 2.45) is 5.41 Å². The van der Waals surface area contributed by atoms with Crippen LogP contribution in [-0.4, -0.2) is 36.2 Å². The van der Waals surface area contributed by atoms with Gasteiger partial charge in [-0.1, -0.05) is 12.1 Å². The summed E-state index contributed by atoms with van der Waals surface area (Å²) in [5, 5.41) is 2.19. The summed E-state index contributed by atoms with van der Waals surface area (Å²) in [6.07, 6.45) is 8.31. The molecule has 2 aliphatic rings. The molecule has 2 aromatic heterocycles. The summed E-state index contributed by atoms with van der Waals surface area (Å²) in [5.74, 6) is 0. The molecule has 2 aromatic rings. The average molecular weight is 371 g/mol. The van der Waals surface area contributed by atoms with Crippen LogP contribution in [0.3, 0.4) is 0 Å². The van der Waals surface area contributed by atoms with Gasteiger partial charge in [0.05, 0.1) is 6.61 Å². The fraction of sp³-hybridized carbons (Fsp3) is 0.591. The second kappa shape index (κ2) is 7.41. The Bertz CT molecular complexity index is 708. The van der Waals surface area contributed by atoms with E-state index in [1.807, 2.05) is 11.3 Å². The van der Waals surface area contributed by atoms with Gasteiger partial charge < -0.3 is 4.74 Å². The monoisotopic (exact) mass is 370 g/mol. The van der Waals surface area contributed by atoms with Gasteiger partial charge >= 0.3 is 0 Å². The molecular formula is C22H30N2OS. The lowest BCUT2D eigenvalue weighted by Crippen LogP contribution is -2.38. The fourth-order valence-corrected chi connectivity index (χ4v) is 5.21. The number of aromatic nitrogens is 1. The minimum Gasteiger partial charge on any atom is -0.381 e. The lowest BCUT2D eigenvalue weighted by atomic mass is 9.83. The summed E-state index contributed by atoms with van der Waals surface area (Å²) < 4.78 is 5.96. The molecule has 3 nitrogen and oxygen atoms in total. The highest BCUT2D eigenvalue weighted by Gasteiger charge is 2.54. The summed E-state index contributed by atoms with van der Waals surface area (Å²) in [6.45, 7) is 8.23. The molecule has 1 aliphatic heterocycles. The van der Waals surface area contributed by atoms with Crippen molar-refractivity contribution in [2.75, 3.05) is 26.3 Å². The van der Waals surface area contributed by atoms with Crippen LogP contribution in [0.25, 0.3) is 0 Å². The number of pyridine rings is 1. The molecule has 4 rings (SSSR count). The van der Waals surface area contributed by atoms with E-state index in [1.165, 1.54) is 49.1 Å².